The second-order valence-electron chi connectivity index (χ2n) is 5.22. The first kappa shape index (κ1) is 14.5. The third-order valence-electron chi connectivity index (χ3n) is 3.53. The maximum atomic E-state index is 4.35. The van der Waals surface area contributed by atoms with E-state index in [4.69, 9.17) is 0 Å². The molecule has 0 aliphatic carbocycles. The number of aromatic nitrogens is 3. The summed E-state index contributed by atoms with van der Waals surface area (Å²) in [5.41, 5.74) is 2.05. The lowest BCUT2D eigenvalue weighted by Crippen LogP contribution is -2.27. The van der Waals surface area contributed by atoms with Crippen LogP contribution in [0.1, 0.15) is 39.3 Å². The van der Waals surface area contributed by atoms with Gasteiger partial charge in [0.1, 0.15) is 4.60 Å². The van der Waals surface area contributed by atoms with Gasteiger partial charge in [-0.3, -0.25) is 4.40 Å². The standard InChI is InChI=1S/C14H21BrN4/c1-4-10(2)5-11(3)16-6-12-7-18-14-8-17-13(15)9-19(12)14/h7-11,16H,4-6H2,1-3H3. The fourth-order valence-electron chi connectivity index (χ4n) is 2.18. The van der Waals surface area contributed by atoms with Crippen LogP contribution >= 0.6 is 15.9 Å². The van der Waals surface area contributed by atoms with E-state index in [9.17, 15) is 0 Å². The van der Waals surface area contributed by atoms with E-state index >= 15 is 0 Å². The molecule has 19 heavy (non-hydrogen) atoms. The average Bonchev–Trinajstić information content (AvgIpc) is 2.78. The number of rotatable bonds is 6. The monoisotopic (exact) mass is 324 g/mol. The average molecular weight is 325 g/mol. The highest BCUT2D eigenvalue weighted by Crippen LogP contribution is 2.12. The molecule has 4 nitrogen and oxygen atoms in total. The Balaban J connectivity index is 2.00. The number of imidazole rings is 1. The van der Waals surface area contributed by atoms with E-state index in [1.165, 1.54) is 12.8 Å². The topological polar surface area (TPSA) is 42.2 Å². The molecule has 1 N–H and O–H groups in total. The van der Waals surface area contributed by atoms with Crippen molar-refractivity contribution in [2.75, 3.05) is 0 Å². The molecule has 2 atom stereocenters. The van der Waals surface area contributed by atoms with Gasteiger partial charge in [-0.05, 0) is 35.2 Å². The van der Waals surface area contributed by atoms with Crippen LogP contribution in [-0.4, -0.2) is 20.4 Å². The summed E-state index contributed by atoms with van der Waals surface area (Å²) in [7, 11) is 0. The molecule has 104 valence electrons. The van der Waals surface area contributed by atoms with Gasteiger partial charge in [0.05, 0.1) is 18.1 Å². The molecule has 0 saturated heterocycles. The van der Waals surface area contributed by atoms with Crippen LogP contribution < -0.4 is 5.32 Å². The number of nitrogens with zero attached hydrogens (tertiary/aromatic N) is 3. The second kappa shape index (κ2) is 6.48. The largest absolute Gasteiger partial charge is 0.309 e. The summed E-state index contributed by atoms with van der Waals surface area (Å²) in [6, 6.07) is 0.519. The van der Waals surface area contributed by atoms with Crippen molar-refractivity contribution in [1.29, 1.82) is 0 Å². The first-order chi connectivity index (χ1) is 9.10. The third kappa shape index (κ3) is 3.76. The van der Waals surface area contributed by atoms with Crippen LogP contribution in [0.4, 0.5) is 0 Å². The van der Waals surface area contributed by atoms with Gasteiger partial charge < -0.3 is 5.32 Å². The summed E-state index contributed by atoms with van der Waals surface area (Å²) >= 11 is 3.39. The zero-order valence-corrected chi connectivity index (χ0v) is 13.3. The first-order valence-electron chi connectivity index (χ1n) is 6.81. The van der Waals surface area contributed by atoms with Gasteiger partial charge in [-0.25, -0.2) is 9.97 Å². The maximum Gasteiger partial charge on any atom is 0.155 e. The maximum absolute atomic E-state index is 4.35. The molecule has 0 fully saturated rings. The highest BCUT2D eigenvalue weighted by molar-refractivity contribution is 9.10. The predicted molar refractivity (Wildman–Crippen MR) is 81.1 cm³/mol. The van der Waals surface area contributed by atoms with Crippen molar-refractivity contribution >= 4 is 21.6 Å². The molecule has 0 aromatic carbocycles. The minimum absolute atomic E-state index is 0.519. The highest BCUT2D eigenvalue weighted by atomic mass is 79.9. The minimum Gasteiger partial charge on any atom is -0.309 e. The molecular weight excluding hydrogens is 304 g/mol. The van der Waals surface area contributed by atoms with E-state index in [2.05, 4.69) is 56.4 Å². The molecule has 2 rings (SSSR count). The molecular formula is C14H21BrN4. The second-order valence-corrected chi connectivity index (χ2v) is 6.03. The van der Waals surface area contributed by atoms with Crippen LogP contribution in [0.2, 0.25) is 0 Å². The SMILES string of the molecule is CCC(C)CC(C)NCc1cnc2cnc(Br)cn12. The lowest BCUT2D eigenvalue weighted by atomic mass is 10.0. The lowest BCUT2D eigenvalue weighted by molar-refractivity contribution is 0.410. The van der Waals surface area contributed by atoms with Crippen molar-refractivity contribution < 1.29 is 0 Å². The number of fused-ring (bicyclic) bond motifs is 1. The first-order valence-corrected chi connectivity index (χ1v) is 7.60. The highest BCUT2D eigenvalue weighted by Gasteiger charge is 2.09. The quantitative estimate of drug-likeness (QED) is 0.885. The number of hydrogen-bond acceptors (Lipinski definition) is 3. The number of halogens is 1. The van der Waals surface area contributed by atoms with E-state index in [0.29, 0.717) is 6.04 Å². The van der Waals surface area contributed by atoms with Crippen molar-refractivity contribution in [3.05, 3.63) is 28.9 Å². The number of hydrogen-bond donors (Lipinski definition) is 1. The van der Waals surface area contributed by atoms with Gasteiger partial charge in [0.15, 0.2) is 5.65 Å². The van der Waals surface area contributed by atoms with Crippen molar-refractivity contribution in [3.63, 3.8) is 0 Å². The van der Waals surface area contributed by atoms with E-state index in [0.717, 1.165) is 28.4 Å². The van der Waals surface area contributed by atoms with Gasteiger partial charge >= 0.3 is 0 Å². The molecule has 0 radical (unpaired) electrons. The molecule has 0 bridgehead atoms. The summed E-state index contributed by atoms with van der Waals surface area (Å²) in [5, 5.41) is 3.57. The molecule has 0 amide bonds. The van der Waals surface area contributed by atoms with Crippen molar-refractivity contribution in [2.45, 2.75) is 46.2 Å². The van der Waals surface area contributed by atoms with Crippen LogP contribution in [0.5, 0.6) is 0 Å². The van der Waals surface area contributed by atoms with Gasteiger partial charge in [0.2, 0.25) is 0 Å². The summed E-state index contributed by atoms with van der Waals surface area (Å²) in [4.78, 5) is 8.53. The summed E-state index contributed by atoms with van der Waals surface area (Å²) in [6.07, 6.45) is 8.08. The zero-order chi connectivity index (χ0) is 13.8. The molecule has 0 aliphatic heterocycles. The Kier molecular flexibility index (Phi) is 4.93. The summed E-state index contributed by atoms with van der Waals surface area (Å²) in [5.74, 6) is 0.767. The summed E-state index contributed by atoms with van der Waals surface area (Å²) in [6.45, 7) is 7.61. The smallest absolute Gasteiger partial charge is 0.155 e. The third-order valence-corrected chi connectivity index (χ3v) is 3.94. The van der Waals surface area contributed by atoms with Gasteiger partial charge in [-0.2, -0.15) is 0 Å². The lowest BCUT2D eigenvalue weighted by Gasteiger charge is -2.17. The molecule has 2 unspecified atom stereocenters. The van der Waals surface area contributed by atoms with E-state index in [-0.39, 0.29) is 0 Å². The fraction of sp³-hybridized carbons (Fsp3) is 0.571. The van der Waals surface area contributed by atoms with Crippen LogP contribution in [0.3, 0.4) is 0 Å². The Hall–Kier alpha value is -0.940. The molecule has 0 saturated carbocycles. The Morgan fingerprint density at radius 3 is 2.84 bits per heavy atom. The molecule has 2 aromatic rings. The Morgan fingerprint density at radius 2 is 2.11 bits per heavy atom. The van der Waals surface area contributed by atoms with Crippen LogP contribution in [-0.2, 0) is 6.54 Å². The van der Waals surface area contributed by atoms with Crippen molar-refractivity contribution in [1.82, 2.24) is 19.7 Å². The minimum atomic E-state index is 0.519. The van der Waals surface area contributed by atoms with E-state index in [1.807, 2.05) is 12.4 Å². The predicted octanol–water partition coefficient (Wildman–Crippen LogP) is 3.41. The summed E-state index contributed by atoms with van der Waals surface area (Å²) < 4.78 is 2.90. The molecule has 0 aliphatic rings. The van der Waals surface area contributed by atoms with Crippen LogP contribution in [0, 0.1) is 5.92 Å². The van der Waals surface area contributed by atoms with Gasteiger partial charge in [0.25, 0.3) is 0 Å². The molecule has 5 heteroatoms. The van der Waals surface area contributed by atoms with Gasteiger partial charge in [-0.1, -0.05) is 20.3 Å². The number of nitrogens with one attached hydrogen (secondary N) is 1. The Labute approximate surface area is 122 Å². The molecule has 2 aromatic heterocycles. The van der Waals surface area contributed by atoms with Gasteiger partial charge in [0, 0.05) is 18.8 Å². The fourth-order valence-corrected chi connectivity index (χ4v) is 2.49. The Bertz CT molecular complexity index is 537. The van der Waals surface area contributed by atoms with Gasteiger partial charge in [-0.15, -0.1) is 0 Å². The van der Waals surface area contributed by atoms with E-state index < -0.39 is 0 Å². The van der Waals surface area contributed by atoms with E-state index in [1.54, 1.807) is 6.20 Å². The Morgan fingerprint density at radius 1 is 1.32 bits per heavy atom. The van der Waals surface area contributed by atoms with Crippen LogP contribution in [0.25, 0.3) is 5.65 Å². The van der Waals surface area contributed by atoms with Crippen molar-refractivity contribution in [3.8, 4) is 0 Å². The van der Waals surface area contributed by atoms with Crippen LogP contribution in [0.15, 0.2) is 23.2 Å². The normalized spacial score (nSPS) is 14.7. The zero-order valence-electron chi connectivity index (χ0n) is 11.7. The molecule has 2 heterocycles. The van der Waals surface area contributed by atoms with Crippen molar-refractivity contribution in [2.24, 2.45) is 5.92 Å². The molecule has 0 spiro atoms.